The quantitative estimate of drug-likeness (QED) is 0.111. The summed E-state index contributed by atoms with van der Waals surface area (Å²) in [5.74, 6) is 0. The Morgan fingerprint density at radius 2 is 1.13 bits per heavy atom. The molecule has 0 radical (unpaired) electrons. The maximum atomic E-state index is 6.90. The first-order valence-electron chi connectivity index (χ1n) is 22.5. The van der Waals surface area contributed by atoms with Crippen molar-refractivity contribution >= 4 is 116 Å². The molecule has 0 bridgehead atoms. The van der Waals surface area contributed by atoms with Gasteiger partial charge in [0.2, 0.25) is 0 Å². The molecule has 0 fully saturated rings. The highest BCUT2D eigenvalue weighted by molar-refractivity contribution is 6.90. The number of aromatic nitrogens is 2. The molecule has 5 heterocycles. The first-order valence-corrected chi connectivity index (χ1v) is 22.5. The lowest BCUT2D eigenvalue weighted by Gasteiger charge is -2.36. The third kappa shape index (κ3) is 4.15. The summed E-state index contributed by atoms with van der Waals surface area (Å²) in [6.45, 7) is 21.1. The molecule has 14 rings (SSSR count). The number of hydrogen-bond acceptors (Lipinski definition) is 1. The molecular formula is C58H47BN2O. The van der Waals surface area contributed by atoms with Crippen molar-refractivity contribution in [2.45, 2.75) is 78.6 Å². The van der Waals surface area contributed by atoms with E-state index in [9.17, 15) is 0 Å². The van der Waals surface area contributed by atoms with Gasteiger partial charge in [-0.3, -0.25) is 0 Å². The number of rotatable bonds is 0. The molecule has 0 aliphatic carbocycles. The third-order valence-corrected chi connectivity index (χ3v) is 15.0. The van der Waals surface area contributed by atoms with E-state index in [2.05, 4.69) is 193 Å². The summed E-state index contributed by atoms with van der Waals surface area (Å²) in [4.78, 5) is 0. The van der Waals surface area contributed by atoms with Gasteiger partial charge in [0.25, 0.3) is 0 Å². The number of benzene rings is 9. The zero-order valence-corrected chi connectivity index (χ0v) is 36.9. The number of para-hydroxylation sites is 2. The summed E-state index contributed by atoms with van der Waals surface area (Å²) < 4.78 is 12.3. The molecule has 3 nitrogen and oxygen atoms in total. The van der Waals surface area contributed by atoms with Gasteiger partial charge in [0.1, 0.15) is 11.2 Å². The Kier molecular flexibility index (Phi) is 6.18. The maximum absolute atomic E-state index is 6.90. The van der Waals surface area contributed by atoms with Gasteiger partial charge in [0, 0.05) is 54.3 Å². The van der Waals surface area contributed by atoms with Crippen molar-refractivity contribution in [2.24, 2.45) is 0 Å². The molecule has 2 aliphatic rings. The normalized spacial score (nSPS) is 14.2. The van der Waals surface area contributed by atoms with Gasteiger partial charge in [-0.05, 0) is 113 Å². The molecule has 0 unspecified atom stereocenters. The lowest BCUT2D eigenvalue weighted by atomic mass is 9.45. The molecule has 298 valence electrons. The van der Waals surface area contributed by atoms with Crippen molar-refractivity contribution in [3.63, 3.8) is 0 Å². The fourth-order valence-corrected chi connectivity index (χ4v) is 12.0. The molecule has 12 aromatic rings. The predicted molar refractivity (Wildman–Crippen MR) is 267 cm³/mol. The zero-order chi connectivity index (χ0) is 42.1. The summed E-state index contributed by atoms with van der Waals surface area (Å²) in [7, 11) is 0. The van der Waals surface area contributed by atoms with Gasteiger partial charge in [-0.1, -0.05) is 141 Å². The topological polar surface area (TPSA) is 23.0 Å². The fraction of sp³-hybridized carbons (Fsp3) is 0.207. The van der Waals surface area contributed by atoms with E-state index >= 15 is 0 Å². The van der Waals surface area contributed by atoms with Crippen LogP contribution >= 0.6 is 0 Å². The molecule has 0 amide bonds. The zero-order valence-electron chi connectivity index (χ0n) is 36.9. The Morgan fingerprint density at radius 1 is 0.468 bits per heavy atom. The van der Waals surface area contributed by atoms with Crippen molar-refractivity contribution in [3.05, 3.63) is 138 Å². The number of furan rings is 1. The molecule has 0 saturated carbocycles. The van der Waals surface area contributed by atoms with Gasteiger partial charge in [-0.25, -0.2) is 0 Å². The highest BCUT2D eigenvalue weighted by Gasteiger charge is 2.44. The van der Waals surface area contributed by atoms with Crippen LogP contribution in [0.1, 0.15) is 79.0 Å². The van der Waals surface area contributed by atoms with Crippen LogP contribution in [0.25, 0.3) is 115 Å². The van der Waals surface area contributed by atoms with Crippen LogP contribution in [0.2, 0.25) is 0 Å². The van der Waals surface area contributed by atoms with E-state index in [0.717, 1.165) is 16.6 Å². The van der Waals surface area contributed by atoms with E-state index in [1.165, 1.54) is 126 Å². The average Bonchev–Trinajstić information content (AvgIpc) is 3.90. The second kappa shape index (κ2) is 10.9. The van der Waals surface area contributed by atoms with E-state index in [0.29, 0.717) is 0 Å². The summed E-state index contributed by atoms with van der Waals surface area (Å²) in [6.07, 6.45) is 0. The van der Waals surface area contributed by atoms with Crippen LogP contribution in [0, 0.1) is 0 Å². The number of hydrogen-bond donors (Lipinski definition) is 0. The van der Waals surface area contributed by atoms with Crippen LogP contribution in [0.5, 0.6) is 0 Å². The third-order valence-electron chi connectivity index (χ3n) is 15.0. The van der Waals surface area contributed by atoms with Gasteiger partial charge >= 0.3 is 6.85 Å². The second-order valence-corrected chi connectivity index (χ2v) is 21.7. The average molecular weight is 799 g/mol. The highest BCUT2D eigenvalue weighted by Crippen LogP contribution is 2.51. The molecule has 0 atom stereocenters. The summed E-state index contributed by atoms with van der Waals surface area (Å²) in [5.41, 5.74) is 17.8. The predicted octanol–water partition coefficient (Wildman–Crippen LogP) is 14.5. The van der Waals surface area contributed by atoms with Crippen LogP contribution in [-0.2, 0) is 16.2 Å². The summed E-state index contributed by atoms with van der Waals surface area (Å²) >= 11 is 0. The molecule has 0 N–H and O–H groups in total. The minimum Gasteiger partial charge on any atom is -0.455 e. The van der Waals surface area contributed by atoms with E-state index in [-0.39, 0.29) is 23.1 Å². The first-order chi connectivity index (χ1) is 29.7. The van der Waals surface area contributed by atoms with Crippen molar-refractivity contribution in [1.82, 2.24) is 9.05 Å². The standard InChI is InChI=1S/C58H47BN2O/c1-56(2,3)32-19-23-44-40(27-32)41-28-34(58(7,8)9)29-42-49-37-20-17-30-25-33(57(4,5)6)26-31-18-21-39(48(37)47(30)31)54-51(49)59(61(44)52(41)42)43-15-12-14-38-50-45(60(54)53(38)43)24-22-36-35-13-10-11-16-46(35)62-55(36)50/h10-29H,1-9H3. The van der Waals surface area contributed by atoms with Gasteiger partial charge in [0.15, 0.2) is 0 Å². The SMILES string of the molecule is CC(C)(C)c1cc2ccc3c4c5c(c6ccc(c1)c2c36)-n1c2ccc3c6ccccc6oc3c2c2cccc(c21)B5n1c2ccc(C(C)(C)C)cc2c2cc(C(C)(C)C)cc-4c21. The Bertz CT molecular complexity index is 4020. The van der Waals surface area contributed by atoms with Crippen LogP contribution < -0.4 is 10.9 Å². The number of fused-ring (bicyclic) bond motifs is 16. The molecule has 2 aliphatic heterocycles. The second-order valence-electron chi connectivity index (χ2n) is 21.7. The van der Waals surface area contributed by atoms with Crippen LogP contribution in [0.4, 0.5) is 0 Å². The number of nitrogens with zero attached hydrogens (tertiary/aromatic N) is 2. The van der Waals surface area contributed by atoms with Crippen LogP contribution in [0.15, 0.2) is 126 Å². The van der Waals surface area contributed by atoms with Crippen molar-refractivity contribution < 1.29 is 4.42 Å². The van der Waals surface area contributed by atoms with Gasteiger partial charge < -0.3 is 13.5 Å². The van der Waals surface area contributed by atoms with Gasteiger partial charge in [0.05, 0.1) is 22.1 Å². The Balaban J connectivity index is 1.26. The van der Waals surface area contributed by atoms with E-state index in [4.69, 9.17) is 4.42 Å². The molecule has 0 saturated heterocycles. The summed E-state index contributed by atoms with van der Waals surface area (Å²) in [6, 6.07) is 47.3. The minimum atomic E-state index is -0.0574. The van der Waals surface area contributed by atoms with Crippen molar-refractivity contribution in [2.75, 3.05) is 0 Å². The first kappa shape index (κ1) is 35.1. The molecule has 3 aromatic heterocycles. The molecular weight excluding hydrogens is 751 g/mol. The molecule has 4 heteroatoms. The molecule has 9 aromatic carbocycles. The molecule has 0 spiro atoms. The monoisotopic (exact) mass is 798 g/mol. The Morgan fingerprint density at radius 3 is 1.89 bits per heavy atom. The largest absolute Gasteiger partial charge is 0.455 e. The van der Waals surface area contributed by atoms with E-state index < -0.39 is 0 Å². The molecule has 62 heavy (non-hydrogen) atoms. The smallest absolute Gasteiger partial charge is 0.333 e. The van der Waals surface area contributed by atoms with E-state index in [1.807, 2.05) is 0 Å². The van der Waals surface area contributed by atoms with Gasteiger partial charge in [-0.15, -0.1) is 0 Å². The Hall–Kier alpha value is -6.52. The summed E-state index contributed by atoms with van der Waals surface area (Å²) in [5, 5.41) is 15.4. The van der Waals surface area contributed by atoms with Crippen LogP contribution in [-0.4, -0.2) is 15.9 Å². The van der Waals surface area contributed by atoms with Crippen molar-refractivity contribution in [1.29, 1.82) is 0 Å². The van der Waals surface area contributed by atoms with Gasteiger partial charge in [-0.2, -0.15) is 0 Å². The lowest BCUT2D eigenvalue weighted by molar-refractivity contribution is 0.590. The maximum Gasteiger partial charge on any atom is 0.333 e. The minimum absolute atomic E-state index is 0.0149. The van der Waals surface area contributed by atoms with E-state index in [1.54, 1.807) is 0 Å². The fourth-order valence-electron chi connectivity index (χ4n) is 12.0. The highest BCUT2D eigenvalue weighted by atomic mass is 16.3. The van der Waals surface area contributed by atoms with Crippen LogP contribution in [0.3, 0.4) is 0 Å². The lowest BCUT2D eigenvalue weighted by Crippen LogP contribution is -2.55. The Labute approximate surface area is 361 Å². The van der Waals surface area contributed by atoms with Crippen molar-refractivity contribution in [3.8, 4) is 16.8 Å².